The zero-order valence-corrected chi connectivity index (χ0v) is 11.3. The Morgan fingerprint density at radius 2 is 2.06 bits per heavy atom. The molecule has 0 saturated heterocycles. The lowest BCUT2D eigenvalue weighted by Crippen LogP contribution is -2.09. The molecule has 0 aliphatic heterocycles. The minimum Gasteiger partial charge on any atom is -0.374 e. The molecule has 96 valence electrons. The van der Waals surface area contributed by atoms with Crippen LogP contribution < -0.4 is 5.32 Å². The van der Waals surface area contributed by atoms with E-state index < -0.39 is 0 Å². The summed E-state index contributed by atoms with van der Waals surface area (Å²) < 4.78 is 5.36. The normalized spacial score (nSPS) is 10.9. The Hall–Kier alpha value is -1.16. The first-order valence-corrected chi connectivity index (χ1v) is 6.36. The summed E-state index contributed by atoms with van der Waals surface area (Å²) in [6.07, 6.45) is 1.09. The van der Waals surface area contributed by atoms with E-state index in [1.807, 2.05) is 13.0 Å². The van der Waals surface area contributed by atoms with Crippen LogP contribution in [0, 0.1) is 0 Å². The molecule has 0 radical (unpaired) electrons. The van der Waals surface area contributed by atoms with Crippen molar-refractivity contribution in [3.8, 4) is 0 Å². The Balaban J connectivity index is 2.84. The molecule has 0 fully saturated rings. The van der Waals surface area contributed by atoms with Crippen LogP contribution in [-0.4, -0.2) is 23.1 Å². The second-order valence-corrected chi connectivity index (χ2v) is 4.31. The van der Waals surface area contributed by atoms with Gasteiger partial charge in [-0.2, -0.15) is 0 Å². The number of rotatable bonds is 7. The smallest absolute Gasteiger partial charge is 0.156 e. The zero-order valence-electron chi connectivity index (χ0n) is 11.3. The predicted molar refractivity (Wildman–Crippen MR) is 70.2 cm³/mol. The Labute approximate surface area is 104 Å². The second-order valence-electron chi connectivity index (χ2n) is 4.31. The number of ether oxygens (including phenoxy) is 1. The molecule has 1 aromatic heterocycles. The summed E-state index contributed by atoms with van der Waals surface area (Å²) >= 11 is 0. The highest BCUT2D eigenvalue weighted by atomic mass is 16.5. The molecular formula is C13H23N3O. The minimum atomic E-state index is 0.403. The van der Waals surface area contributed by atoms with E-state index in [9.17, 15) is 0 Å². The number of hydrogen-bond acceptors (Lipinski definition) is 4. The maximum atomic E-state index is 5.36. The zero-order chi connectivity index (χ0) is 12.7. The van der Waals surface area contributed by atoms with Crippen molar-refractivity contribution >= 4 is 5.82 Å². The van der Waals surface area contributed by atoms with E-state index in [0.29, 0.717) is 19.1 Å². The van der Waals surface area contributed by atoms with E-state index in [2.05, 4.69) is 36.1 Å². The van der Waals surface area contributed by atoms with Crippen LogP contribution in [0.15, 0.2) is 6.07 Å². The van der Waals surface area contributed by atoms with E-state index in [1.54, 1.807) is 0 Å². The van der Waals surface area contributed by atoms with Crippen molar-refractivity contribution < 1.29 is 4.74 Å². The molecule has 4 heteroatoms. The van der Waals surface area contributed by atoms with Gasteiger partial charge in [-0.25, -0.2) is 9.97 Å². The lowest BCUT2D eigenvalue weighted by molar-refractivity contribution is 0.128. The number of hydrogen-bond donors (Lipinski definition) is 1. The summed E-state index contributed by atoms with van der Waals surface area (Å²) in [5.41, 5.74) is 1.06. The topological polar surface area (TPSA) is 47.0 Å². The summed E-state index contributed by atoms with van der Waals surface area (Å²) in [6.45, 7) is 10.5. The summed E-state index contributed by atoms with van der Waals surface area (Å²) in [4.78, 5) is 8.95. The van der Waals surface area contributed by atoms with Gasteiger partial charge in [0.15, 0.2) is 5.82 Å². The molecular weight excluding hydrogens is 214 g/mol. The minimum absolute atomic E-state index is 0.403. The molecule has 0 saturated carbocycles. The fourth-order valence-corrected chi connectivity index (χ4v) is 1.41. The van der Waals surface area contributed by atoms with Crippen LogP contribution in [0.25, 0.3) is 0 Å². The van der Waals surface area contributed by atoms with Crippen molar-refractivity contribution in [2.45, 2.75) is 46.6 Å². The number of nitrogens with one attached hydrogen (secondary N) is 1. The average molecular weight is 237 g/mol. The van der Waals surface area contributed by atoms with Crippen molar-refractivity contribution in [3.05, 3.63) is 17.6 Å². The van der Waals surface area contributed by atoms with Crippen LogP contribution in [0.3, 0.4) is 0 Å². The molecule has 1 aromatic rings. The number of anilines is 1. The van der Waals surface area contributed by atoms with Crippen LogP contribution in [0.5, 0.6) is 0 Å². The van der Waals surface area contributed by atoms with Gasteiger partial charge in [-0.1, -0.05) is 20.8 Å². The average Bonchev–Trinajstić information content (AvgIpc) is 2.33. The molecule has 0 spiro atoms. The van der Waals surface area contributed by atoms with Gasteiger partial charge in [-0.05, 0) is 19.3 Å². The van der Waals surface area contributed by atoms with Crippen LogP contribution in [-0.2, 0) is 11.3 Å². The van der Waals surface area contributed by atoms with Gasteiger partial charge >= 0.3 is 0 Å². The standard InChI is InChI=1S/C13H23N3O/c1-5-7-14-12-8-11(10(3)4)15-13(16-12)9-17-6-2/h8,10H,5-7,9H2,1-4H3,(H,14,15,16). The van der Waals surface area contributed by atoms with Crippen LogP contribution in [0.2, 0.25) is 0 Å². The van der Waals surface area contributed by atoms with Gasteiger partial charge in [0.2, 0.25) is 0 Å². The predicted octanol–water partition coefficient (Wildman–Crippen LogP) is 2.96. The molecule has 17 heavy (non-hydrogen) atoms. The lowest BCUT2D eigenvalue weighted by Gasteiger charge is -2.11. The highest BCUT2D eigenvalue weighted by Gasteiger charge is 2.07. The van der Waals surface area contributed by atoms with Crippen molar-refractivity contribution in [2.24, 2.45) is 0 Å². The van der Waals surface area contributed by atoms with E-state index in [-0.39, 0.29) is 0 Å². The van der Waals surface area contributed by atoms with Crippen molar-refractivity contribution in [3.63, 3.8) is 0 Å². The number of aromatic nitrogens is 2. The highest BCUT2D eigenvalue weighted by molar-refractivity contribution is 5.36. The first-order valence-electron chi connectivity index (χ1n) is 6.36. The molecule has 1 heterocycles. The summed E-state index contributed by atoms with van der Waals surface area (Å²) in [6, 6.07) is 2.02. The molecule has 0 aliphatic carbocycles. The fraction of sp³-hybridized carbons (Fsp3) is 0.692. The van der Waals surface area contributed by atoms with Crippen LogP contribution in [0.1, 0.15) is 51.6 Å². The third kappa shape index (κ3) is 4.69. The van der Waals surface area contributed by atoms with Gasteiger partial charge in [-0.3, -0.25) is 0 Å². The monoisotopic (exact) mass is 237 g/mol. The van der Waals surface area contributed by atoms with Crippen LogP contribution >= 0.6 is 0 Å². The van der Waals surface area contributed by atoms with Crippen LogP contribution in [0.4, 0.5) is 5.82 Å². The van der Waals surface area contributed by atoms with Gasteiger partial charge < -0.3 is 10.1 Å². The molecule has 1 N–H and O–H groups in total. The molecule has 0 aliphatic rings. The first kappa shape index (κ1) is 13.9. The lowest BCUT2D eigenvalue weighted by atomic mass is 10.1. The quantitative estimate of drug-likeness (QED) is 0.792. The third-order valence-corrected chi connectivity index (χ3v) is 2.38. The SMILES string of the molecule is CCCNc1cc(C(C)C)nc(COCC)n1. The van der Waals surface area contributed by atoms with Crippen molar-refractivity contribution in [1.82, 2.24) is 9.97 Å². The van der Waals surface area contributed by atoms with Gasteiger partial charge in [-0.15, -0.1) is 0 Å². The van der Waals surface area contributed by atoms with E-state index in [1.165, 1.54) is 0 Å². The van der Waals surface area contributed by atoms with E-state index >= 15 is 0 Å². The van der Waals surface area contributed by atoms with Gasteiger partial charge in [0.05, 0.1) is 0 Å². The summed E-state index contributed by atoms with van der Waals surface area (Å²) in [5.74, 6) is 2.07. The summed E-state index contributed by atoms with van der Waals surface area (Å²) in [7, 11) is 0. The Morgan fingerprint density at radius 3 is 2.65 bits per heavy atom. The molecule has 4 nitrogen and oxygen atoms in total. The first-order chi connectivity index (χ1) is 8.17. The van der Waals surface area contributed by atoms with E-state index in [4.69, 9.17) is 4.74 Å². The van der Waals surface area contributed by atoms with E-state index in [0.717, 1.165) is 30.3 Å². The Morgan fingerprint density at radius 1 is 1.29 bits per heavy atom. The molecule has 1 rings (SSSR count). The third-order valence-electron chi connectivity index (χ3n) is 2.38. The number of nitrogens with zero attached hydrogens (tertiary/aromatic N) is 2. The van der Waals surface area contributed by atoms with Gasteiger partial charge in [0, 0.05) is 24.9 Å². The largest absolute Gasteiger partial charge is 0.374 e. The Kier molecular flexibility index (Phi) is 5.91. The van der Waals surface area contributed by atoms with Gasteiger partial charge in [0.25, 0.3) is 0 Å². The van der Waals surface area contributed by atoms with Crippen molar-refractivity contribution in [1.29, 1.82) is 0 Å². The van der Waals surface area contributed by atoms with Gasteiger partial charge in [0.1, 0.15) is 12.4 Å². The molecule has 0 unspecified atom stereocenters. The second kappa shape index (κ2) is 7.22. The summed E-state index contributed by atoms with van der Waals surface area (Å²) in [5, 5.41) is 3.30. The maximum absolute atomic E-state index is 5.36. The maximum Gasteiger partial charge on any atom is 0.156 e. The fourth-order valence-electron chi connectivity index (χ4n) is 1.41. The Bertz CT molecular complexity index is 313. The molecule has 0 bridgehead atoms. The highest BCUT2D eigenvalue weighted by Crippen LogP contribution is 2.16. The molecule has 0 aromatic carbocycles. The van der Waals surface area contributed by atoms with Crippen molar-refractivity contribution in [2.75, 3.05) is 18.5 Å². The molecule has 0 atom stereocenters. The molecule has 0 amide bonds.